The van der Waals surface area contributed by atoms with Crippen LogP contribution in [0.3, 0.4) is 0 Å². The number of carbonyl (C=O) groups excluding carboxylic acids is 1. The van der Waals surface area contributed by atoms with E-state index in [0.717, 1.165) is 39.6 Å². The van der Waals surface area contributed by atoms with Crippen molar-refractivity contribution in [3.05, 3.63) is 90.8 Å². The lowest BCUT2D eigenvalue weighted by Crippen LogP contribution is -2.12. The summed E-state index contributed by atoms with van der Waals surface area (Å²) in [6, 6.07) is 23.3. The number of carbonyl (C=O) groups is 1. The largest absolute Gasteiger partial charge is 0.497 e. The van der Waals surface area contributed by atoms with Crippen LogP contribution >= 0.6 is 0 Å². The normalized spacial score (nSPS) is 10.6. The lowest BCUT2D eigenvalue weighted by Gasteiger charge is -2.12. The molecule has 0 radical (unpaired) electrons. The van der Waals surface area contributed by atoms with E-state index >= 15 is 0 Å². The highest BCUT2D eigenvalue weighted by atomic mass is 16.5. The van der Waals surface area contributed by atoms with E-state index in [1.165, 1.54) is 0 Å². The molecule has 4 aromatic rings. The highest BCUT2D eigenvalue weighted by Crippen LogP contribution is 2.33. The van der Waals surface area contributed by atoms with Crippen LogP contribution in [0.1, 0.15) is 12.0 Å². The summed E-state index contributed by atoms with van der Waals surface area (Å²) in [7, 11) is 3.27. The van der Waals surface area contributed by atoms with E-state index in [0.29, 0.717) is 12.8 Å². The molecule has 0 aliphatic carbocycles. The second-order valence-electron chi connectivity index (χ2n) is 7.32. The van der Waals surface area contributed by atoms with Gasteiger partial charge in [0.05, 0.1) is 26.1 Å². The number of hydrogen-bond donors (Lipinski definition) is 1. The summed E-state index contributed by atoms with van der Waals surface area (Å²) in [5.41, 5.74) is 4.61. The van der Waals surface area contributed by atoms with Crippen LogP contribution in [0.15, 0.2) is 85.2 Å². The molecule has 3 aromatic carbocycles. The molecule has 0 unspecified atom stereocenters. The van der Waals surface area contributed by atoms with E-state index in [9.17, 15) is 4.79 Å². The van der Waals surface area contributed by atoms with Crippen LogP contribution in [0, 0.1) is 0 Å². The lowest BCUT2D eigenvalue weighted by atomic mass is 10.0. The fourth-order valence-electron chi connectivity index (χ4n) is 3.47. The van der Waals surface area contributed by atoms with Gasteiger partial charge in [0.25, 0.3) is 0 Å². The molecule has 0 saturated heterocycles. The molecule has 1 aromatic heterocycles. The van der Waals surface area contributed by atoms with E-state index in [-0.39, 0.29) is 5.91 Å². The Bertz CT molecular complexity index is 1180. The molecule has 0 fully saturated rings. The third-order valence-corrected chi connectivity index (χ3v) is 5.18. The van der Waals surface area contributed by atoms with Crippen molar-refractivity contribution in [2.75, 3.05) is 19.5 Å². The van der Waals surface area contributed by atoms with Gasteiger partial charge in [0, 0.05) is 23.9 Å². The van der Waals surface area contributed by atoms with Crippen LogP contribution in [0.4, 0.5) is 5.69 Å². The lowest BCUT2D eigenvalue weighted by molar-refractivity contribution is -0.116. The summed E-state index contributed by atoms with van der Waals surface area (Å²) in [4.78, 5) is 12.6. The Balaban J connectivity index is 1.41. The third kappa shape index (κ3) is 4.98. The van der Waals surface area contributed by atoms with Crippen molar-refractivity contribution in [1.82, 2.24) is 9.78 Å². The molecule has 6 heteroatoms. The van der Waals surface area contributed by atoms with Gasteiger partial charge in [-0.25, -0.2) is 4.68 Å². The summed E-state index contributed by atoms with van der Waals surface area (Å²) < 4.78 is 12.6. The van der Waals surface area contributed by atoms with E-state index < -0.39 is 0 Å². The first-order valence-corrected chi connectivity index (χ1v) is 10.4. The van der Waals surface area contributed by atoms with Crippen molar-refractivity contribution >= 4 is 11.6 Å². The number of rotatable bonds is 8. The van der Waals surface area contributed by atoms with Gasteiger partial charge in [-0.1, -0.05) is 30.3 Å². The van der Waals surface area contributed by atoms with Gasteiger partial charge in [-0.05, 0) is 60.0 Å². The Labute approximate surface area is 187 Å². The smallest absolute Gasteiger partial charge is 0.224 e. The van der Waals surface area contributed by atoms with Crippen LogP contribution in [0.25, 0.3) is 16.8 Å². The van der Waals surface area contributed by atoms with E-state index in [1.54, 1.807) is 20.4 Å². The Kier molecular flexibility index (Phi) is 6.51. The summed E-state index contributed by atoms with van der Waals surface area (Å²) in [6.45, 7) is 0. The predicted molar refractivity (Wildman–Crippen MR) is 125 cm³/mol. The molecule has 0 saturated carbocycles. The van der Waals surface area contributed by atoms with Crippen molar-refractivity contribution in [3.63, 3.8) is 0 Å². The van der Waals surface area contributed by atoms with Crippen LogP contribution in [-0.4, -0.2) is 29.9 Å². The van der Waals surface area contributed by atoms with E-state index in [2.05, 4.69) is 10.4 Å². The summed E-state index contributed by atoms with van der Waals surface area (Å²) >= 11 is 0. The molecule has 6 nitrogen and oxygen atoms in total. The van der Waals surface area contributed by atoms with Gasteiger partial charge in [0.1, 0.15) is 11.5 Å². The van der Waals surface area contributed by atoms with Crippen molar-refractivity contribution in [3.8, 4) is 28.3 Å². The topological polar surface area (TPSA) is 65.4 Å². The number of aromatic nitrogens is 2. The zero-order chi connectivity index (χ0) is 22.3. The van der Waals surface area contributed by atoms with Crippen molar-refractivity contribution in [2.24, 2.45) is 0 Å². The fraction of sp³-hybridized carbons (Fsp3) is 0.154. The Morgan fingerprint density at radius 3 is 2.47 bits per heavy atom. The second-order valence-corrected chi connectivity index (χ2v) is 7.32. The molecule has 1 amide bonds. The number of methoxy groups -OCH3 is 2. The fourth-order valence-corrected chi connectivity index (χ4v) is 3.47. The van der Waals surface area contributed by atoms with Gasteiger partial charge >= 0.3 is 0 Å². The maximum atomic E-state index is 12.6. The highest BCUT2D eigenvalue weighted by molar-refractivity contribution is 5.92. The van der Waals surface area contributed by atoms with Crippen LogP contribution in [0.5, 0.6) is 11.5 Å². The minimum atomic E-state index is -0.0525. The van der Waals surface area contributed by atoms with Gasteiger partial charge in [0.15, 0.2) is 0 Å². The standard InChI is InChI=1S/C26H25N3O3/c1-31-23-12-9-20(10-13-23)24-16-21(11-14-25(24)32-2)28-26(30)15-8-19-17-27-29(18-19)22-6-4-3-5-7-22/h3-7,9-14,16-18H,8,15H2,1-2H3,(H,28,30). The predicted octanol–water partition coefficient (Wildman–Crippen LogP) is 5.13. The summed E-state index contributed by atoms with van der Waals surface area (Å²) in [6.07, 6.45) is 4.73. The molecule has 4 rings (SSSR count). The molecule has 0 bridgehead atoms. The molecule has 0 aliphatic heterocycles. The van der Waals surface area contributed by atoms with Crippen LogP contribution in [-0.2, 0) is 11.2 Å². The maximum absolute atomic E-state index is 12.6. The molecular formula is C26H25N3O3. The van der Waals surface area contributed by atoms with Crippen molar-refractivity contribution < 1.29 is 14.3 Å². The molecular weight excluding hydrogens is 402 g/mol. The number of hydrogen-bond acceptors (Lipinski definition) is 4. The first-order chi connectivity index (χ1) is 15.7. The number of ether oxygens (including phenoxy) is 2. The highest BCUT2D eigenvalue weighted by Gasteiger charge is 2.10. The molecule has 1 N–H and O–H groups in total. The van der Waals surface area contributed by atoms with Gasteiger partial charge < -0.3 is 14.8 Å². The molecule has 0 atom stereocenters. The third-order valence-electron chi connectivity index (χ3n) is 5.18. The first-order valence-electron chi connectivity index (χ1n) is 10.4. The number of anilines is 1. The van der Waals surface area contributed by atoms with Crippen molar-refractivity contribution in [1.29, 1.82) is 0 Å². The minimum absolute atomic E-state index is 0.0525. The number of amides is 1. The van der Waals surface area contributed by atoms with Crippen LogP contribution in [0.2, 0.25) is 0 Å². The summed E-state index contributed by atoms with van der Waals surface area (Å²) in [5.74, 6) is 1.47. The monoisotopic (exact) mass is 427 g/mol. The quantitative estimate of drug-likeness (QED) is 0.423. The van der Waals surface area contributed by atoms with Gasteiger partial charge in [-0.2, -0.15) is 5.10 Å². The first kappa shape index (κ1) is 21.2. The molecule has 1 heterocycles. The molecule has 32 heavy (non-hydrogen) atoms. The Morgan fingerprint density at radius 1 is 0.969 bits per heavy atom. The SMILES string of the molecule is COc1ccc(-c2cc(NC(=O)CCc3cnn(-c4ccccc4)c3)ccc2OC)cc1. The number of benzene rings is 3. The van der Waals surface area contributed by atoms with Crippen molar-refractivity contribution in [2.45, 2.75) is 12.8 Å². The van der Waals surface area contributed by atoms with E-state index in [4.69, 9.17) is 9.47 Å². The van der Waals surface area contributed by atoms with Gasteiger partial charge in [-0.3, -0.25) is 4.79 Å². The molecule has 0 aliphatic rings. The Hall–Kier alpha value is -4.06. The Morgan fingerprint density at radius 2 is 1.75 bits per heavy atom. The minimum Gasteiger partial charge on any atom is -0.497 e. The van der Waals surface area contributed by atoms with E-state index in [1.807, 2.05) is 83.7 Å². The molecule has 0 spiro atoms. The average Bonchev–Trinajstić information content (AvgIpc) is 3.32. The number of nitrogens with zero attached hydrogens (tertiary/aromatic N) is 2. The van der Waals surface area contributed by atoms with Gasteiger partial charge in [-0.15, -0.1) is 0 Å². The number of para-hydroxylation sites is 1. The van der Waals surface area contributed by atoms with Gasteiger partial charge in [0.2, 0.25) is 5.91 Å². The molecule has 162 valence electrons. The average molecular weight is 428 g/mol. The maximum Gasteiger partial charge on any atom is 0.224 e. The second kappa shape index (κ2) is 9.83. The summed E-state index contributed by atoms with van der Waals surface area (Å²) in [5, 5.41) is 7.38. The number of aryl methyl sites for hydroxylation is 1. The zero-order valence-electron chi connectivity index (χ0n) is 18.1. The zero-order valence-corrected chi connectivity index (χ0v) is 18.1. The van der Waals surface area contributed by atoms with Crippen LogP contribution < -0.4 is 14.8 Å². The number of nitrogens with one attached hydrogen (secondary N) is 1.